The Morgan fingerprint density at radius 1 is 1.17 bits per heavy atom. The molecule has 6 atom stereocenters. The van der Waals surface area contributed by atoms with Gasteiger partial charge in [0.2, 0.25) is 17.7 Å². The van der Waals surface area contributed by atoms with Crippen molar-refractivity contribution in [2.45, 2.75) is 65.6 Å². The molecule has 3 fully saturated rings. The Labute approximate surface area is 245 Å². The van der Waals surface area contributed by atoms with Gasteiger partial charge < -0.3 is 30.3 Å². The molecule has 0 radical (unpaired) electrons. The first-order chi connectivity index (χ1) is 19.7. The molecular formula is C30H41FN4O7. The zero-order chi connectivity index (χ0) is 31.0. The van der Waals surface area contributed by atoms with Gasteiger partial charge in [-0.1, -0.05) is 46.8 Å². The summed E-state index contributed by atoms with van der Waals surface area (Å²) in [5, 5.41) is 8.17. The highest BCUT2D eigenvalue weighted by Gasteiger charge is 2.70. The van der Waals surface area contributed by atoms with Gasteiger partial charge in [-0.15, -0.1) is 0 Å². The van der Waals surface area contributed by atoms with E-state index in [1.165, 1.54) is 30.2 Å². The van der Waals surface area contributed by atoms with Crippen molar-refractivity contribution in [3.63, 3.8) is 0 Å². The summed E-state index contributed by atoms with van der Waals surface area (Å²) in [4.78, 5) is 67.1. The second kappa shape index (κ2) is 11.9. The van der Waals surface area contributed by atoms with Crippen molar-refractivity contribution >= 4 is 29.6 Å². The average molecular weight is 589 g/mol. The highest BCUT2D eigenvalue weighted by molar-refractivity contribution is 5.96. The molecule has 4 rings (SSSR count). The molecule has 0 spiro atoms. The second-order valence-electron chi connectivity index (χ2n) is 13.1. The van der Waals surface area contributed by atoms with E-state index < -0.39 is 65.6 Å². The number of amides is 4. The zero-order valence-electron chi connectivity index (χ0n) is 25.0. The van der Waals surface area contributed by atoms with Crippen molar-refractivity contribution in [1.82, 2.24) is 20.9 Å². The van der Waals surface area contributed by atoms with Crippen LogP contribution in [0.4, 0.5) is 9.18 Å². The van der Waals surface area contributed by atoms with Crippen LogP contribution in [0.25, 0.3) is 0 Å². The number of hydrogen-bond donors (Lipinski definition) is 3. The maximum absolute atomic E-state index is 14.1. The number of benzene rings is 1. The molecule has 230 valence electrons. The Hall–Kier alpha value is -3.70. The zero-order valence-corrected chi connectivity index (χ0v) is 25.0. The minimum absolute atomic E-state index is 0.0453. The Morgan fingerprint density at radius 3 is 2.45 bits per heavy atom. The largest absolute Gasteiger partial charge is 0.483 e. The second-order valence-corrected chi connectivity index (χ2v) is 13.1. The van der Waals surface area contributed by atoms with Crippen LogP contribution in [0.15, 0.2) is 24.3 Å². The molecule has 1 saturated carbocycles. The standard InChI is InChI=1S/C30H41FN4O7/c1-29(2,3)24(34-28(40)41-6)27(39)35-14-17-22(30(17,4)5)23(35)26(38)33-19(13-16-11-12-32-25(16)37)20(36)15-42-21-10-8-7-9-18(21)31/h7-10,16-17,19,22-24H,11-15H2,1-6H3,(H,32,37)(H,33,38)(H,34,40)/t16-,17-,19-,22-,23-,24+/m0/s1. The first kappa shape index (κ1) is 31.2. The quantitative estimate of drug-likeness (QED) is 0.380. The van der Waals surface area contributed by atoms with Crippen LogP contribution < -0.4 is 20.7 Å². The number of methoxy groups -OCH3 is 1. The first-order valence-corrected chi connectivity index (χ1v) is 14.3. The Balaban J connectivity index is 1.56. The van der Waals surface area contributed by atoms with Crippen molar-refractivity contribution in [2.24, 2.45) is 28.6 Å². The fraction of sp³-hybridized carbons (Fsp3) is 0.633. The minimum atomic E-state index is -1.09. The van der Waals surface area contributed by atoms with E-state index in [1.54, 1.807) is 26.8 Å². The van der Waals surface area contributed by atoms with E-state index in [9.17, 15) is 28.4 Å². The summed E-state index contributed by atoms with van der Waals surface area (Å²) in [5.74, 6) is -2.97. The molecule has 11 nitrogen and oxygen atoms in total. The van der Waals surface area contributed by atoms with Gasteiger partial charge in [-0.2, -0.15) is 0 Å². The fourth-order valence-electron chi connectivity index (χ4n) is 6.30. The number of alkyl carbamates (subject to hydrolysis) is 1. The number of ketones is 1. The first-order valence-electron chi connectivity index (χ1n) is 14.3. The number of likely N-dealkylation sites (tertiary alicyclic amines) is 1. The Kier molecular flexibility index (Phi) is 8.84. The molecule has 3 N–H and O–H groups in total. The number of carbonyl (C=O) groups is 5. The molecule has 1 aromatic carbocycles. The van der Waals surface area contributed by atoms with E-state index in [4.69, 9.17) is 9.47 Å². The minimum Gasteiger partial charge on any atom is -0.483 e. The van der Waals surface area contributed by atoms with Gasteiger partial charge in [0, 0.05) is 19.0 Å². The number of hydrogen-bond acceptors (Lipinski definition) is 7. The number of piperidine rings is 1. The SMILES string of the molecule is COC(=O)N[C@H](C(=O)N1C[C@H]2[C@@H]([C@H]1C(=O)N[C@@H](C[C@@H]1CCNC1=O)C(=O)COc1ccccc1F)C2(C)C)C(C)(C)C. The number of fused-ring (bicyclic) bond motifs is 1. The average Bonchev–Trinajstić information content (AvgIpc) is 3.27. The number of nitrogens with zero attached hydrogens (tertiary/aromatic N) is 1. The van der Waals surface area contributed by atoms with Gasteiger partial charge in [0.1, 0.15) is 18.7 Å². The van der Waals surface area contributed by atoms with Gasteiger partial charge in [0.15, 0.2) is 17.3 Å². The van der Waals surface area contributed by atoms with Crippen LogP contribution in [0.3, 0.4) is 0 Å². The van der Waals surface area contributed by atoms with Gasteiger partial charge in [-0.05, 0) is 47.6 Å². The fourth-order valence-corrected chi connectivity index (χ4v) is 6.30. The van der Waals surface area contributed by atoms with Crippen molar-refractivity contribution in [3.05, 3.63) is 30.1 Å². The summed E-state index contributed by atoms with van der Waals surface area (Å²) in [7, 11) is 1.21. The summed E-state index contributed by atoms with van der Waals surface area (Å²) in [6, 6.07) is 2.73. The van der Waals surface area contributed by atoms with Crippen molar-refractivity contribution in [2.75, 3.05) is 26.8 Å². The molecule has 0 aromatic heterocycles. The van der Waals surface area contributed by atoms with Crippen LogP contribution in [-0.2, 0) is 23.9 Å². The third-order valence-corrected chi connectivity index (χ3v) is 8.92. The highest BCUT2D eigenvalue weighted by atomic mass is 19.1. The van der Waals surface area contributed by atoms with E-state index in [2.05, 4.69) is 16.0 Å². The number of carbonyl (C=O) groups excluding carboxylic acids is 5. The molecule has 4 amide bonds. The molecular weight excluding hydrogens is 547 g/mol. The van der Waals surface area contributed by atoms with E-state index >= 15 is 0 Å². The van der Waals surface area contributed by atoms with E-state index in [0.29, 0.717) is 19.5 Å². The van der Waals surface area contributed by atoms with Crippen LogP contribution in [-0.4, -0.2) is 79.4 Å². The van der Waals surface area contributed by atoms with Crippen molar-refractivity contribution < 1.29 is 37.8 Å². The van der Waals surface area contributed by atoms with Gasteiger partial charge in [-0.25, -0.2) is 9.18 Å². The summed E-state index contributed by atoms with van der Waals surface area (Å²) in [6.45, 7) is 9.76. The van der Waals surface area contributed by atoms with Gasteiger partial charge in [-0.3, -0.25) is 19.2 Å². The summed E-state index contributed by atoms with van der Waals surface area (Å²) in [6.07, 6.45) is -0.210. The van der Waals surface area contributed by atoms with Crippen LogP contribution in [0.1, 0.15) is 47.5 Å². The molecule has 12 heteroatoms. The van der Waals surface area contributed by atoms with Gasteiger partial charge in [0.05, 0.1) is 13.2 Å². The van der Waals surface area contributed by atoms with Crippen LogP contribution in [0.2, 0.25) is 0 Å². The smallest absolute Gasteiger partial charge is 0.407 e. The summed E-state index contributed by atoms with van der Waals surface area (Å²) < 4.78 is 24.3. The third kappa shape index (κ3) is 6.37. The number of Topliss-reactive ketones (excluding diaryl/α,β-unsaturated/α-hetero) is 1. The van der Waals surface area contributed by atoms with Gasteiger partial charge >= 0.3 is 6.09 Å². The molecule has 1 aromatic rings. The molecule has 2 aliphatic heterocycles. The lowest BCUT2D eigenvalue weighted by atomic mass is 9.85. The third-order valence-electron chi connectivity index (χ3n) is 8.92. The lowest BCUT2D eigenvalue weighted by Gasteiger charge is -2.37. The molecule has 1 aliphatic carbocycles. The number of halogens is 1. The molecule has 0 bridgehead atoms. The number of nitrogens with one attached hydrogen (secondary N) is 3. The van der Waals surface area contributed by atoms with Crippen molar-refractivity contribution in [3.8, 4) is 5.75 Å². The predicted octanol–water partition coefficient (Wildman–Crippen LogP) is 2.04. The molecule has 3 aliphatic rings. The van der Waals surface area contributed by atoms with E-state index in [0.717, 1.165) is 0 Å². The summed E-state index contributed by atoms with van der Waals surface area (Å²) in [5.41, 5.74) is -0.891. The lowest BCUT2D eigenvalue weighted by molar-refractivity contribution is -0.144. The van der Waals surface area contributed by atoms with E-state index in [1.807, 2.05) is 13.8 Å². The van der Waals surface area contributed by atoms with Crippen LogP contribution in [0, 0.1) is 34.4 Å². The maximum atomic E-state index is 14.1. The summed E-state index contributed by atoms with van der Waals surface area (Å²) >= 11 is 0. The van der Waals surface area contributed by atoms with Crippen LogP contribution in [0.5, 0.6) is 5.75 Å². The Bertz CT molecular complexity index is 1250. The molecule has 42 heavy (non-hydrogen) atoms. The molecule has 0 unspecified atom stereocenters. The maximum Gasteiger partial charge on any atom is 0.407 e. The highest BCUT2D eigenvalue weighted by Crippen LogP contribution is 2.65. The predicted molar refractivity (Wildman–Crippen MR) is 150 cm³/mol. The topological polar surface area (TPSA) is 143 Å². The van der Waals surface area contributed by atoms with Crippen LogP contribution >= 0.6 is 0 Å². The molecule has 2 saturated heterocycles. The number of rotatable bonds is 10. The molecule has 2 heterocycles. The monoisotopic (exact) mass is 588 g/mol. The van der Waals surface area contributed by atoms with E-state index in [-0.39, 0.29) is 35.3 Å². The number of ether oxygens (including phenoxy) is 2. The van der Waals surface area contributed by atoms with Crippen molar-refractivity contribution in [1.29, 1.82) is 0 Å². The number of para-hydroxylation sites is 1. The lowest BCUT2D eigenvalue weighted by Crippen LogP contribution is -2.60. The van der Waals surface area contributed by atoms with Gasteiger partial charge in [0.25, 0.3) is 0 Å². The normalized spacial score (nSPS) is 25.5. The Morgan fingerprint density at radius 2 is 1.86 bits per heavy atom.